The van der Waals surface area contributed by atoms with Crippen molar-refractivity contribution in [1.29, 1.82) is 0 Å². The van der Waals surface area contributed by atoms with Crippen LogP contribution in [0.5, 0.6) is 5.75 Å². The molecule has 0 atom stereocenters. The van der Waals surface area contributed by atoms with E-state index in [9.17, 15) is 0 Å². The largest absolute Gasteiger partial charge is 0.484 e. The number of likely N-dealkylation sites (tertiary alicyclic amines) is 1. The molecule has 0 amide bonds. The van der Waals surface area contributed by atoms with E-state index < -0.39 is 0 Å². The van der Waals surface area contributed by atoms with Gasteiger partial charge in [-0.1, -0.05) is 39.0 Å². The minimum Gasteiger partial charge on any atom is -0.484 e. The van der Waals surface area contributed by atoms with E-state index in [1.54, 1.807) is 0 Å². The van der Waals surface area contributed by atoms with Crippen molar-refractivity contribution in [3.8, 4) is 5.75 Å². The van der Waals surface area contributed by atoms with Crippen molar-refractivity contribution >= 4 is 17.7 Å². The molecule has 0 bridgehead atoms. The zero-order valence-corrected chi connectivity index (χ0v) is 19.6. The number of anilines is 1. The van der Waals surface area contributed by atoms with Gasteiger partial charge < -0.3 is 19.9 Å². The van der Waals surface area contributed by atoms with Gasteiger partial charge in [0.1, 0.15) is 23.4 Å². The summed E-state index contributed by atoms with van der Waals surface area (Å²) in [5.41, 5.74) is 3.43. The fraction of sp³-hybridized carbons (Fsp3) is 0.462. The van der Waals surface area contributed by atoms with Gasteiger partial charge >= 0.3 is 0 Å². The predicted molar refractivity (Wildman–Crippen MR) is 132 cm³/mol. The SMILES string of the molecule is C=C(NC1CN(c2ccccn2)C1)N1CC(Oc2cc(CC)cc(C)c2N=CCCC)C1. The summed E-state index contributed by atoms with van der Waals surface area (Å²) in [4.78, 5) is 13.7. The van der Waals surface area contributed by atoms with E-state index >= 15 is 0 Å². The average Bonchev–Trinajstić information content (AvgIpc) is 2.74. The van der Waals surface area contributed by atoms with Crippen LogP contribution >= 0.6 is 0 Å². The van der Waals surface area contributed by atoms with E-state index in [0.29, 0.717) is 6.04 Å². The van der Waals surface area contributed by atoms with E-state index in [-0.39, 0.29) is 6.10 Å². The van der Waals surface area contributed by atoms with Crippen molar-refractivity contribution in [2.75, 3.05) is 31.1 Å². The summed E-state index contributed by atoms with van der Waals surface area (Å²) in [6.07, 6.45) is 7.08. The molecule has 0 unspecified atom stereocenters. The molecule has 6 heteroatoms. The second kappa shape index (κ2) is 10.1. The number of nitrogens with one attached hydrogen (secondary N) is 1. The van der Waals surface area contributed by atoms with Gasteiger partial charge in [0.05, 0.1) is 25.0 Å². The number of aromatic nitrogens is 1. The van der Waals surface area contributed by atoms with Crippen LogP contribution in [-0.2, 0) is 6.42 Å². The first-order valence-corrected chi connectivity index (χ1v) is 11.8. The maximum absolute atomic E-state index is 6.40. The van der Waals surface area contributed by atoms with Gasteiger partial charge in [-0.2, -0.15) is 0 Å². The Kier molecular flexibility index (Phi) is 6.98. The van der Waals surface area contributed by atoms with E-state index in [4.69, 9.17) is 9.73 Å². The number of pyridine rings is 1. The Morgan fingerprint density at radius 2 is 2.06 bits per heavy atom. The van der Waals surface area contributed by atoms with Crippen molar-refractivity contribution < 1.29 is 4.74 Å². The Morgan fingerprint density at radius 1 is 1.25 bits per heavy atom. The minimum absolute atomic E-state index is 0.159. The highest BCUT2D eigenvalue weighted by Gasteiger charge is 2.33. The molecule has 32 heavy (non-hydrogen) atoms. The van der Waals surface area contributed by atoms with Crippen LogP contribution in [0.3, 0.4) is 0 Å². The molecular weight excluding hydrogens is 398 g/mol. The monoisotopic (exact) mass is 433 g/mol. The Balaban J connectivity index is 1.28. The second-order valence-corrected chi connectivity index (χ2v) is 8.74. The van der Waals surface area contributed by atoms with Crippen LogP contribution in [0.15, 0.2) is 53.9 Å². The van der Waals surface area contributed by atoms with Crippen LogP contribution in [0, 0.1) is 6.92 Å². The molecule has 2 fully saturated rings. The summed E-state index contributed by atoms with van der Waals surface area (Å²) in [6.45, 7) is 14.3. The van der Waals surface area contributed by atoms with Crippen LogP contribution < -0.4 is 15.0 Å². The molecule has 2 saturated heterocycles. The number of rotatable bonds is 10. The van der Waals surface area contributed by atoms with Crippen molar-refractivity contribution in [2.24, 2.45) is 4.99 Å². The van der Waals surface area contributed by atoms with Gasteiger partial charge in [0.25, 0.3) is 0 Å². The molecule has 0 radical (unpaired) electrons. The van der Waals surface area contributed by atoms with Gasteiger partial charge in [0, 0.05) is 25.5 Å². The third kappa shape index (κ3) is 5.06. The fourth-order valence-corrected chi connectivity index (χ4v) is 4.10. The Bertz CT molecular complexity index is 946. The first kappa shape index (κ1) is 22.2. The lowest BCUT2D eigenvalue weighted by molar-refractivity contribution is 0.0380. The first-order valence-electron chi connectivity index (χ1n) is 11.8. The molecular formula is C26H35N5O. The van der Waals surface area contributed by atoms with Gasteiger partial charge in [-0.05, 0) is 49.1 Å². The van der Waals surface area contributed by atoms with Crippen LogP contribution in [0.2, 0.25) is 0 Å². The second-order valence-electron chi connectivity index (χ2n) is 8.74. The third-order valence-corrected chi connectivity index (χ3v) is 6.12. The Labute approximate surface area is 192 Å². The molecule has 2 aromatic rings. The first-order chi connectivity index (χ1) is 15.6. The molecule has 0 spiro atoms. The maximum atomic E-state index is 6.40. The number of benzene rings is 1. The van der Waals surface area contributed by atoms with Gasteiger partial charge in [0.2, 0.25) is 0 Å². The predicted octanol–water partition coefficient (Wildman–Crippen LogP) is 4.47. The van der Waals surface area contributed by atoms with Gasteiger partial charge in [0.15, 0.2) is 0 Å². The third-order valence-electron chi connectivity index (χ3n) is 6.12. The minimum atomic E-state index is 0.159. The molecule has 6 nitrogen and oxygen atoms in total. The zero-order valence-electron chi connectivity index (χ0n) is 19.6. The molecule has 0 aliphatic carbocycles. The number of aliphatic imine (C=N–C) groups is 1. The highest BCUT2D eigenvalue weighted by atomic mass is 16.5. The maximum Gasteiger partial charge on any atom is 0.146 e. The number of aryl methyl sites for hydroxylation is 2. The van der Waals surface area contributed by atoms with Crippen molar-refractivity contribution in [1.82, 2.24) is 15.2 Å². The molecule has 0 saturated carbocycles. The van der Waals surface area contributed by atoms with Crippen LogP contribution in [0.25, 0.3) is 0 Å². The Morgan fingerprint density at radius 3 is 2.75 bits per heavy atom. The zero-order chi connectivity index (χ0) is 22.5. The fourth-order valence-electron chi connectivity index (χ4n) is 4.10. The lowest BCUT2D eigenvalue weighted by Crippen LogP contribution is -2.62. The summed E-state index contributed by atoms with van der Waals surface area (Å²) >= 11 is 0. The number of ether oxygens (including phenoxy) is 1. The molecule has 170 valence electrons. The van der Waals surface area contributed by atoms with E-state index in [2.05, 4.69) is 65.6 Å². The summed E-state index contributed by atoms with van der Waals surface area (Å²) in [6, 6.07) is 10.8. The molecule has 1 N–H and O–H groups in total. The topological polar surface area (TPSA) is 53.0 Å². The van der Waals surface area contributed by atoms with Crippen LogP contribution in [0.4, 0.5) is 11.5 Å². The standard InChI is InChI=1S/C26H35N5O/c1-5-7-11-28-26-19(3)13-21(6-2)14-24(26)32-23-17-30(18-23)20(4)29-22-15-31(16-22)25-10-8-9-12-27-25/h8-14,22-23,29H,4-7,15-18H2,1-3H3. The van der Waals surface area contributed by atoms with Crippen LogP contribution in [0.1, 0.15) is 37.8 Å². The molecule has 1 aromatic carbocycles. The van der Waals surface area contributed by atoms with Crippen molar-refractivity contribution in [3.63, 3.8) is 0 Å². The lowest BCUT2D eigenvalue weighted by Gasteiger charge is -2.46. The summed E-state index contributed by atoms with van der Waals surface area (Å²) in [5, 5.41) is 3.56. The van der Waals surface area contributed by atoms with Gasteiger partial charge in [-0.25, -0.2) is 4.98 Å². The Hall–Kier alpha value is -3.02. The molecule has 1 aromatic heterocycles. The normalized spacial score (nSPS) is 16.7. The van der Waals surface area contributed by atoms with E-state index in [1.807, 2.05) is 24.5 Å². The summed E-state index contributed by atoms with van der Waals surface area (Å²) < 4.78 is 6.40. The van der Waals surface area contributed by atoms with Gasteiger partial charge in [-0.15, -0.1) is 0 Å². The van der Waals surface area contributed by atoms with Crippen LogP contribution in [-0.4, -0.2) is 54.4 Å². The van der Waals surface area contributed by atoms with Crippen molar-refractivity contribution in [3.05, 3.63) is 60.1 Å². The number of nitrogens with zero attached hydrogens (tertiary/aromatic N) is 4. The molecule has 4 rings (SSSR count). The summed E-state index contributed by atoms with van der Waals surface area (Å²) in [5.74, 6) is 2.92. The number of unbranched alkanes of at least 4 members (excludes halogenated alkanes) is 1. The molecule has 2 aliphatic heterocycles. The summed E-state index contributed by atoms with van der Waals surface area (Å²) in [7, 11) is 0. The number of hydrogen-bond donors (Lipinski definition) is 1. The molecule has 2 aliphatic rings. The lowest BCUT2D eigenvalue weighted by atomic mass is 10.1. The average molecular weight is 434 g/mol. The quantitative estimate of drug-likeness (QED) is 0.561. The molecule has 3 heterocycles. The van der Waals surface area contributed by atoms with E-state index in [1.165, 1.54) is 11.1 Å². The van der Waals surface area contributed by atoms with Gasteiger partial charge in [-0.3, -0.25) is 4.99 Å². The highest BCUT2D eigenvalue weighted by molar-refractivity contribution is 5.69. The number of hydrogen-bond acceptors (Lipinski definition) is 6. The smallest absolute Gasteiger partial charge is 0.146 e. The van der Waals surface area contributed by atoms with E-state index in [0.717, 1.165) is 68.5 Å². The highest BCUT2D eigenvalue weighted by Crippen LogP contribution is 2.35. The van der Waals surface area contributed by atoms with Crippen molar-refractivity contribution in [2.45, 2.75) is 52.2 Å².